The molecule has 13 heteroatoms. The Morgan fingerprint density at radius 2 is 1.88 bits per heavy atom. The predicted octanol–water partition coefficient (Wildman–Crippen LogP) is 4.68. The quantitative estimate of drug-likeness (QED) is 0.399. The van der Waals surface area contributed by atoms with E-state index in [0.29, 0.717) is 60.4 Å². The smallest absolute Gasteiger partial charge is 0.416 e. The van der Waals surface area contributed by atoms with Gasteiger partial charge in [0, 0.05) is 41.7 Å². The minimum Gasteiger partial charge on any atom is -0.471 e. The number of methoxy groups -OCH3 is 1. The SMILES string of the molecule is COC(=O)NC[C@@H](C)Oc1ncc(-c2cc(NC(=O)c3cccc(C(F)(F)F)c3)cnc2C)cc1N1CCOCC1. The number of carbonyl (C=O) groups is 2. The fourth-order valence-corrected chi connectivity index (χ4v) is 4.17. The minimum atomic E-state index is -4.56. The monoisotopic (exact) mass is 573 g/mol. The van der Waals surface area contributed by atoms with Crippen LogP contribution in [-0.2, 0) is 15.7 Å². The van der Waals surface area contributed by atoms with Gasteiger partial charge in [-0.05, 0) is 44.2 Å². The molecule has 0 bridgehead atoms. The number of alkyl halides is 3. The van der Waals surface area contributed by atoms with Crippen LogP contribution in [0.3, 0.4) is 0 Å². The standard InChI is InChI=1S/C28H30F3N5O5/c1-17(14-34-27(38)39-3)41-26-24(36-7-9-40-10-8-36)12-20(15-33-26)23-13-22(16-32-18(23)2)35-25(37)19-5-4-6-21(11-19)28(29,30)31/h4-6,11-13,15-17H,7-10,14H2,1-3H3,(H,34,38)(H,35,37)/t17-/m1/s1. The van der Waals surface area contributed by atoms with Gasteiger partial charge in [-0.1, -0.05) is 6.07 Å². The number of carbonyl (C=O) groups excluding carboxylic acids is 2. The van der Waals surface area contributed by atoms with Crippen LogP contribution in [0.4, 0.5) is 29.3 Å². The molecule has 0 saturated carbocycles. The molecule has 3 aromatic rings. The third-order valence-corrected chi connectivity index (χ3v) is 6.32. The van der Waals surface area contributed by atoms with Crippen molar-refractivity contribution in [2.75, 3.05) is 50.2 Å². The van der Waals surface area contributed by atoms with E-state index in [1.165, 1.54) is 25.4 Å². The maximum atomic E-state index is 13.1. The molecule has 1 aromatic carbocycles. The summed E-state index contributed by atoms with van der Waals surface area (Å²) in [6.45, 7) is 6.07. The number of aryl methyl sites for hydroxylation is 1. The molecule has 41 heavy (non-hydrogen) atoms. The number of anilines is 2. The Balaban J connectivity index is 1.60. The van der Waals surface area contributed by atoms with Crippen LogP contribution in [0.2, 0.25) is 0 Å². The van der Waals surface area contributed by atoms with Gasteiger partial charge in [0.2, 0.25) is 5.88 Å². The highest BCUT2D eigenvalue weighted by atomic mass is 19.4. The lowest BCUT2D eigenvalue weighted by Gasteiger charge is -2.30. The summed E-state index contributed by atoms with van der Waals surface area (Å²) in [6.07, 6.45) is -2.49. The van der Waals surface area contributed by atoms with Crippen molar-refractivity contribution in [1.82, 2.24) is 15.3 Å². The number of hydrogen-bond donors (Lipinski definition) is 2. The number of aromatic nitrogens is 2. The topological polar surface area (TPSA) is 115 Å². The Morgan fingerprint density at radius 3 is 2.59 bits per heavy atom. The van der Waals surface area contributed by atoms with Crippen LogP contribution in [0, 0.1) is 6.92 Å². The summed E-state index contributed by atoms with van der Waals surface area (Å²) in [7, 11) is 1.28. The fraction of sp³-hybridized carbons (Fsp3) is 0.357. The molecule has 1 aliphatic heterocycles. The van der Waals surface area contributed by atoms with E-state index in [1.807, 2.05) is 6.07 Å². The van der Waals surface area contributed by atoms with Crippen LogP contribution in [-0.4, -0.2) is 68.0 Å². The summed E-state index contributed by atoms with van der Waals surface area (Å²) in [5.41, 5.74) is 2.00. The number of halogens is 3. The lowest BCUT2D eigenvalue weighted by molar-refractivity contribution is -0.137. The van der Waals surface area contributed by atoms with E-state index in [-0.39, 0.29) is 12.1 Å². The summed E-state index contributed by atoms with van der Waals surface area (Å²) in [5, 5.41) is 5.23. The van der Waals surface area contributed by atoms with Gasteiger partial charge < -0.3 is 29.7 Å². The molecule has 3 heterocycles. The van der Waals surface area contributed by atoms with Gasteiger partial charge in [0.25, 0.3) is 5.91 Å². The maximum absolute atomic E-state index is 13.1. The number of benzene rings is 1. The largest absolute Gasteiger partial charge is 0.471 e. The molecule has 2 amide bonds. The summed E-state index contributed by atoms with van der Waals surface area (Å²) < 4.78 is 55.5. The average Bonchev–Trinajstić information content (AvgIpc) is 2.97. The third-order valence-electron chi connectivity index (χ3n) is 6.32. The van der Waals surface area contributed by atoms with Crippen LogP contribution in [0.5, 0.6) is 5.88 Å². The molecule has 0 aliphatic carbocycles. The molecule has 0 radical (unpaired) electrons. The number of ether oxygens (including phenoxy) is 3. The lowest BCUT2D eigenvalue weighted by atomic mass is 10.0. The molecular formula is C28H30F3N5O5. The van der Waals surface area contributed by atoms with Gasteiger partial charge in [0.05, 0.1) is 44.3 Å². The first-order valence-electron chi connectivity index (χ1n) is 12.8. The average molecular weight is 574 g/mol. The van der Waals surface area contributed by atoms with Crippen LogP contribution in [0.15, 0.2) is 48.8 Å². The zero-order valence-electron chi connectivity index (χ0n) is 22.7. The van der Waals surface area contributed by atoms with E-state index < -0.39 is 29.8 Å². The van der Waals surface area contributed by atoms with E-state index in [9.17, 15) is 22.8 Å². The van der Waals surface area contributed by atoms with Crippen molar-refractivity contribution < 1.29 is 37.0 Å². The lowest BCUT2D eigenvalue weighted by Crippen LogP contribution is -2.37. The predicted molar refractivity (Wildman–Crippen MR) is 145 cm³/mol. The zero-order valence-corrected chi connectivity index (χ0v) is 22.7. The molecular weight excluding hydrogens is 543 g/mol. The highest BCUT2D eigenvalue weighted by molar-refractivity contribution is 6.04. The van der Waals surface area contributed by atoms with E-state index in [4.69, 9.17) is 9.47 Å². The number of hydrogen-bond acceptors (Lipinski definition) is 8. The Morgan fingerprint density at radius 1 is 1.12 bits per heavy atom. The molecule has 2 aromatic heterocycles. The highest BCUT2D eigenvalue weighted by Crippen LogP contribution is 2.34. The summed E-state index contributed by atoms with van der Waals surface area (Å²) in [6, 6.07) is 7.80. The third kappa shape index (κ3) is 7.63. The molecule has 1 fully saturated rings. The molecule has 1 saturated heterocycles. The number of amides is 2. The van der Waals surface area contributed by atoms with Crippen molar-refractivity contribution in [3.8, 4) is 17.0 Å². The van der Waals surface area contributed by atoms with Gasteiger partial charge in [-0.2, -0.15) is 13.2 Å². The molecule has 218 valence electrons. The van der Waals surface area contributed by atoms with Crippen molar-refractivity contribution in [2.45, 2.75) is 26.1 Å². The first-order chi connectivity index (χ1) is 19.5. The van der Waals surface area contributed by atoms with Gasteiger partial charge in [0.1, 0.15) is 11.8 Å². The number of rotatable bonds is 8. The second-order valence-electron chi connectivity index (χ2n) is 9.34. The highest BCUT2D eigenvalue weighted by Gasteiger charge is 2.31. The van der Waals surface area contributed by atoms with Crippen molar-refractivity contribution in [2.24, 2.45) is 0 Å². The van der Waals surface area contributed by atoms with Crippen LogP contribution in [0.25, 0.3) is 11.1 Å². The van der Waals surface area contributed by atoms with Crippen LogP contribution in [0.1, 0.15) is 28.5 Å². The minimum absolute atomic E-state index is 0.129. The van der Waals surface area contributed by atoms with Crippen LogP contribution >= 0.6 is 0 Å². The van der Waals surface area contributed by atoms with Crippen molar-refractivity contribution in [3.05, 3.63) is 65.6 Å². The van der Waals surface area contributed by atoms with Gasteiger partial charge in [0.15, 0.2) is 0 Å². The Bertz CT molecular complexity index is 1400. The summed E-state index contributed by atoms with van der Waals surface area (Å²) in [5.74, 6) is -0.326. The molecule has 10 nitrogen and oxygen atoms in total. The number of alkyl carbamates (subject to hydrolysis) is 1. The summed E-state index contributed by atoms with van der Waals surface area (Å²) in [4.78, 5) is 35.2. The van der Waals surface area contributed by atoms with Gasteiger partial charge in [-0.25, -0.2) is 9.78 Å². The molecule has 0 unspecified atom stereocenters. The van der Waals surface area contributed by atoms with E-state index in [1.54, 1.807) is 26.1 Å². The normalized spacial score (nSPS) is 14.2. The molecule has 2 N–H and O–H groups in total. The van der Waals surface area contributed by atoms with Gasteiger partial charge >= 0.3 is 12.3 Å². The fourth-order valence-electron chi connectivity index (χ4n) is 4.17. The number of pyridine rings is 2. The molecule has 1 aliphatic rings. The van der Waals surface area contributed by atoms with Crippen LogP contribution < -0.4 is 20.3 Å². The van der Waals surface area contributed by atoms with Crippen molar-refractivity contribution >= 4 is 23.4 Å². The Kier molecular flexibility index (Phi) is 9.28. The van der Waals surface area contributed by atoms with Gasteiger partial charge in [-0.3, -0.25) is 9.78 Å². The van der Waals surface area contributed by atoms with E-state index >= 15 is 0 Å². The van der Waals surface area contributed by atoms with Crippen molar-refractivity contribution in [3.63, 3.8) is 0 Å². The second-order valence-corrected chi connectivity index (χ2v) is 9.34. The number of nitrogens with one attached hydrogen (secondary N) is 2. The Labute approximate surface area is 234 Å². The van der Waals surface area contributed by atoms with E-state index in [2.05, 4.69) is 30.2 Å². The van der Waals surface area contributed by atoms with E-state index in [0.717, 1.165) is 12.1 Å². The second kappa shape index (κ2) is 12.9. The number of nitrogens with zero attached hydrogens (tertiary/aromatic N) is 3. The molecule has 4 rings (SSSR count). The molecule has 1 atom stereocenters. The molecule has 0 spiro atoms. The Hall–Kier alpha value is -4.39. The van der Waals surface area contributed by atoms with Gasteiger partial charge in [-0.15, -0.1) is 0 Å². The number of morpholine rings is 1. The first-order valence-corrected chi connectivity index (χ1v) is 12.8. The summed E-state index contributed by atoms with van der Waals surface area (Å²) >= 11 is 0. The van der Waals surface area contributed by atoms with Crippen molar-refractivity contribution in [1.29, 1.82) is 0 Å². The first kappa shape index (κ1) is 29.6. The maximum Gasteiger partial charge on any atom is 0.416 e. The zero-order chi connectivity index (χ0) is 29.6.